The maximum Gasteiger partial charge on any atom is 0.323 e. The zero-order valence-corrected chi connectivity index (χ0v) is 11.0. The second-order valence-electron chi connectivity index (χ2n) is 5.82. The molecule has 3 nitrogen and oxygen atoms in total. The van der Waals surface area contributed by atoms with Gasteiger partial charge in [0, 0.05) is 0 Å². The molecule has 0 aromatic heterocycles. The largest absolute Gasteiger partial charge is 0.480 e. The van der Waals surface area contributed by atoms with Crippen molar-refractivity contribution in [3.63, 3.8) is 0 Å². The van der Waals surface area contributed by atoms with E-state index in [0.717, 1.165) is 12.8 Å². The molecule has 3 heteroatoms. The van der Waals surface area contributed by atoms with Gasteiger partial charge in [-0.25, -0.2) is 0 Å². The van der Waals surface area contributed by atoms with Crippen LogP contribution in [0.1, 0.15) is 31.4 Å². The predicted octanol–water partition coefficient (Wildman–Crippen LogP) is 2.23. The van der Waals surface area contributed by atoms with Crippen LogP contribution in [0.15, 0.2) is 24.3 Å². The van der Waals surface area contributed by atoms with Gasteiger partial charge >= 0.3 is 5.97 Å². The molecule has 1 aromatic carbocycles. The van der Waals surface area contributed by atoms with Crippen molar-refractivity contribution in [1.82, 2.24) is 0 Å². The topological polar surface area (TPSA) is 63.3 Å². The highest BCUT2D eigenvalue weighted by atomic mass is 16.4. The SMILES string of the molecule is CC(C)C[C@](N)(C(=O)O)C1Cc2ccccc2C1. The van der Waals surface area contributed by atoms with Crippen LogP contribution in [-0.4, -0.2) is 16.6 Å². The van der Waals surface area contributed by atoms with Crippen molar-refractivity contribution in [2.45, 2.75) is 38.6 Å². The van der Waals surface area contributed by atoms with Crippen LogP contribution < -0.4 is 5.73 Å². The lowest BCUT2D eigenvalue weighted by atomic mass is 9.77. The van der Waals surface area contributed by atoms with Gasteiger partial charge in [-0.05, 0) is 42.2 Å². The van der Waals surface area contributed by atoms with Crippen molar-refractivity contribution in [3.8, 4) is 0 Å². The van der Waals surface area contributed by atoms with Gasteiger partial charge in [-0.1, -0.05) is 38.1 Å². The maximum atomic E-state index is 11.6. The number of hydrogen-bond donors (Lipinski definition) is 2. The Bertz CT molecular complexity index is 431. The number of rotatable bonds is 4. The Morgan fingerprint density at radius 3 is 2.28 bits per heavy atom. The predicted molar refractivity (Wildman–Crippen MR) is 71.3 cm³/mol. The first-order valence-corrected chi connectivity index (χ1v) is 6.52. The monoisotopic (exact) mass is 247 g/mol. The third-order valence-corrected chi connectivity index (χ3v) is 3.92. The molecule has 0 amide bonds. The molecule has 1 aliphatic rings. The smallest absolute Gasteiger partial charge is 0.323 e. The van der Waals surface area contributed by atoms with Gasteiger partial charge in [0.05, 0.1) is 0 Å². The van der Waals surface area contributed by atoms with Gasteiger partial charge in [-0.2, -0.15) is 0 Å². The summed E-state index contributed by atoms with van der Waals surface area (Å²) in [5.74, 6) is -0.571. The van der Waals surface area contributed by atoms with Crippen molar-refractivity contribution in [1.29, 1.82) is 0 Å². The fraction of sp³-hybridized carbons (Fsp3) is 0.533. The fourth-order valence-electron chi connectivity index (χ4n) is 3.03. The summed E-state index contributed by atoms with van der Waals surface area (Å²) >= 11 is 0. The molecule has 1 atom stereocenters. The molecule has 0 heterocycles. The van der Waals surface area contributed by atoms with Crippen molar-refractivity contribution in [2.24, 2.45) is 17.6 Å². The van der Waals surface area contributed by atoms with Gasteiger partial charge < -0.3 is 10.8 Å². The maximum absolute atomic E-state index is 11.6. The van der Waals surface area contributed by atoms with Gasteiger partial charge in [-0.15, -0.1) is 0 Å². The average Bonchev–Trinajstić information content (AvgIpc) is 2.71. The summed E-state index contributed by atoms with van der Waals surface area (Å²) in [6.45, 7) is 4.04. The van der Waals surface area contributed by atoms with Crippen molar-refractivity contribution in [3.05, 3.63) is 35.4 Å². The zero-order valence-electron chi connectivity index (χ0n) is 11.0. The van der Waals surface area contributed by atoms with Crippen LogP contribution in [0.3, 0.4) is 0 Å². The normalized spacial score (nSPS) is 18.7. The number of fused-ring (bicyclic) bond motifs is 1. The molecular weight excluding hydrogens is 226 g/mol. The van der Waals surface area contributed by atoms with Gasteiger partial charge in [0.1, 0.15) is 5.54 Å². The molecule has 2 rings (SSSR count). The lowest BCUT2D eigenvalue weighted by molar-refractivity contribution is -0.146. The molecule has 1 aromatic rings. The number of aliphatic carboxylic acids is 1. The molecule has 0 bridgehead atoms. The van der Waals surface area contributed by atoms with E-state index >= 15 is 0 Å². The van der Waals surface area contributed by atoms with E-state index in [9.17, 15) is 9.90 Å². The second-order valence-corrected chi connectivity index (χ2v) is 5.82. The number of carboxylic acids is 1. The average molecular weight is 247 g/mol. The summed E-state index contributed by atoms with van der Waals surface area (Å²) in [5.41, 5.74) is 7.63. The van der Waals surface area contributed by atoms with E-state index in [1.165, 1.54) is 11.1 Å². The molecule has 0 saturated heterocycles. The van der Waals surface area contributed by atoms with Gasteiger partial charge in [0.25, 0.3) is 0 Å². The molecule has 0 radical (unpaired) electrons. The zero-order chi connectivity index (χ0) is 13.3. The summed E-state index contributed by atoms with van der Waals surface area (Å²) in [6.07, 6.45) is 2.10. The van der Waals surface area contributed by atoms with Gasteiger partial charge in [0.15, 0.2) is 0 Å². The Morgan fingerprint density at radius 2 is 1.89 bits per heavy atom. The molecular formula is C15H21NO2. The van der Waals surface area contributed by atoms with Crippen molar-refractivity contribution < 1.29 is 9.90 Å². The van der Waals surface area contributed by atoms with E-state index in [2.05, 4.69) is 12.1 Å². The highest BCUT2D eigenvalue weighted by Gasteiger charge is 2.44. The highest BCUT2D eigenvalue weighted by Crippen LogP contribution is 2.35. The van der Waals surface area contributed by atoms with Crippen LogP contribution in [0, 0.1) is 11.8 Å². The summed E-state index contributed by atoms with van der Waals surface area (Å²) in [6, 6.07) is 8.16. The summed E-state index contributed by atoms with van der Waals surface area (Å²) in [4.78, 5) is 11.6. The first-order valence-electron chi connectivity index (χ1n) is 6.52. The van der Waals surface area contributed by atoms with E-state index in [0.29, 0.717) is 6.42 Å². The Balaban J connectivity index is 2.23. The van der Waals surface area contributed by atoms with Gasteiger partial charge in [0.2, 0.25) is 0 Å². The van der Waals surface area contributed by atoms with Crippen molar-refractivity contribution in [2.75, 3.05) is 0 Å². The molecule has 98 valence electrons. The Labute approximate surface area is 108 Å². The lowest BCUT2D eigenvalue weighted by Crippen LogP contribution is -2.55. The summed E-state index contributed by atoms with van der Waals surface area (Å²) in [7, 11) is 0. The lowest BCUT2D eigenvalue weighted by Gasteiger charge is -2.32. The van der Waals surface area contributed by atoms with Crippen LogP contribution in [0.5, 0.6) is 0 Å². The fourth-order valence-corrected chi connectivity index (χ4v) is 3.03. The van der Waals surface area contributed by atoms with Crippen LogP contribution in [0.4, 0.5) is 0 Å². The molecule has 0 saturated carbocycles. The van der Waals surface area contributed by atoms with E-state index < -0.39 is 11.5 Å². The minimum atomic E-state index is -1.10. The molecule has 0 aliphatic heterocycles. The minimum Gasteiger partial charge on any atom is -0.480 e. The minimum absolute atomic E-state index is 0.00907. The molecule has 18 heavy (non-hydrogen) atoms. The van der Waals surface area contributed by atoms with E-state index in [1.54, 1.807) is 0 Å². The summed E-state index contributed by atoms with van der Waals surface area (Å²) in [5, 5.41) is 9.50. The Hall–Kier alpha value is -1.35. The van der Waals surface area contributed by atoms with Crippen LogP contribution in [0.25, 0.3) is 0 Å². The number of benzene rings is 1. The van der Waals surface area contributed by atoms with Gasteiger partial charge in [-0.3, -0.25) is 4.79 Å². The Morgan fingerprint density at radius 1 is 1.39 bits per heavy atom. The van der Waals surface area contributed by atoms with Crippen LogP contribution in [0.2, 0.25) is 0 Å². The third kappa shape index (κ3) is 2.27. The molecule has 3 N–H and O–H groups in total. The van der Waals surface area contributed by atoms with Crippen LogP contribution >= 0.6 is 0 Å². The quantitative estimate of drug-likeness (QED) is 0.857. The number of hydrogen-bond acceptors (Lipinski definition) is 2. The third-order valence-electron chi connectivity index (χ3n) is 3.92. The molecule has 0 unspecified atom stereocenters. The highest BCUT2D eigenvalue weighted by molar-refractivity contribution is 5.79. The molecule has 0 spiro atoms. The van der Waals surface area contributed by atoms with Crippen LogP contribution in [-0.2, 0) is 17.6 Å². The second kappa shape index (κ2) is 4.73. The summed E-state index contributed by atoms with van der Waals surface area (Å²) < 4.78 is 0. The Kier molecular flexibility index (Phi) is 3.44. The van der Waals surface area contributed by atoms with E-state index in [-0.39, 0.29) is 11.8 Å². The number of carbonyl (C=O) groups is 1. The van der Waals surface area contributed by atoms with E-state index in [4.69, 9.17) is 5.73 Å². The standard InChI is InChI=1S/C15H21NO2/c1-10(2)9-15(16,14(17)18)13-7-11-5-3-4-6-12(11)8-13/h3-6,10,13H,7-9,16H2,1-2H3,(H,17,18)/t15-/m1/s1. The number of nitrogens with two attached hydrogens (primary N) is 1. The number of carboxylic acid groups (broad SMARTS) is 1. The van der Waals surface area contributed by atoms with Crippen molar-refractivity contribution >= 4 is 5.97 Å². The molecule has 0 fully saturated rings. The first kappa shape index (κ1) is 13.1. The first-order chi connectivity index (χ1) is 8.43. The molecule has 1 aliphatic carbocycles. The van der Waals surface area contributed by atoms with E-state index in [1.807, 2.05) is 26.0 Å².